The molecule has 104 valence electrons. The second-order valence-electron chi connectivity index (χ2n) is 5.31. The van der Waals surface area contributed by atoms with Crippen molar-refractivity contribution in [2.24, 2.45) is 11.8 Å². The van der Waals surface area contributed by atoms with Crippen molar-refractivity contribution in [1.82, 2.24) is 0 Å². The van der Waals surface area contributed by atoms with Crippen molar-refractivity contribution in [1.29, 1.82) is 0 Å². The Morgan fingerprint density at radius 2 is 2.05 bits per heavy atom. The number of carbonyl (C=O) groups is 1. The van der Waals surface area contributed by atoms with Crippen LogP contribution in [-0.4, -0.2) is 31.2 Å². The Morgan fingerprint density at radius 1 is 1.42 bits per heavy atom. The summed E-state index contributed by atoms with van der Waals surface area (Å²) in [6, 6.07) is 7.71. The van der Waals surface area contributed by atoms with E-state index in [0.717, 1.165) is 11.4 Å². The number of likely N-dealkylation sites (N-methyl/N-ethyl adjacent to an activating group) is 1. The smallest absolute Gasteiger partial charge is 0.227 e. The van der Waals surface area contributed by atoms with Gasteiger partial charge in [0.15, 0.2) is 0 Å². The number of hydrogen-bond acceptors (Lipinski definition) is 3. The number of nitrogens with zero attached hydrogens (tertiary/aromatic N) is 1. The van der Waals surface area contributed by atoms with E-state index in [1.54, 1.807) is 0 Å². The lowest BCUT2D eigenvalue weighted by Crippen LogP contribution is -2.22. The van der Waals surface area contributed by atoms with Gasteiger partial charge in [0.25, 0.3) is 0 Å². The summed E-state index contributed by atoms with van der Waals surface area (Å²) in [7, 11) is 1.93. The maximum Gasteiger partial charge on any atom is 0.227 e. The predicted octanol–water partition coefficient (Wildman–Crippen LogP) is 2.10. The zero-order chi connectivity index (χ0) is 13.8. The summed E-state index contributed by atoms with van der Waals surface area (Å²) in [5.41, 5.74) is 1.86. The fraction of sp³-hybridized carbons (Fsp3) is 0.533. The van der Waals surface area contributed by atoms with Gasteiger partial charge in [-0.15, -0.1) is 0 Å². The SMILES string of the molecule is CC(C(=O)Nc1ccc(N(C)CCO)cc1)C1CC1. The van der Waals surface area contributed by atoms with Gasteiger partial charge in [-0.2, -0.15) is 0 Å². The molecule has 0 spiro atoms. The molecule has 1 aromatic rings. The standard InChI is InChI=1S/C15H22N2O2/c1-11(12-3-4-12)15(19)16-13-5-7-14(8-6-13)17(2)9-10-18/h5-8,11-12,18H,3-4,9-10H2,1-2H3,(H,16,19). The Labute approximate surface area is 114 Å². The highest BCUT2D eigenvalue weighted by molar-refractivity contribution is 5.92. The number of aliphatic hydroxyl groups is 1. The highest BCUT2D eigenvalue weighted by Gasteiger charge is 2.32. The van der Waals surface area contributed by atoms with Crippen LogP contribution in [0.15, 0.2) is 24.3 Å². The number of amides is 1. The van der Waals surface area contributed by atoms with Gasteiger partial charge in [-0.25, -0.2) is 0 Å². The average Bonchev–Trinajstić information content (AvgIpc) is 3.23. The first-order valence-electron chi connectivity index (χ1n) is 6.84. The summed E-state index contributed by atoms with van der Waals surface area (Å²) >= 11 is 0. The zero-order valence-corrected chi connectivity index (χ0v) is 11.6. The zero-order valence-electron chi connectivity index (χ0n) is 11.6. The molecule has 19 heavy (non-hydrogen) atoms. The molecule has 1 aliphatic rings. The number of anilines is 2. The Balaban J connectivity index is 1.92. The second kappa shape index (κ2) is 6.06. The van der Waals surface area contributed by atoms with Crippen molar-refractivity contribution in [2.75, 3.05) is 30.4 Å². The second-order valence-corrected chi connectivity index (χ2v) is 5.31. The highest BCUT2D eigenvalue weighted by Crippen LogP contribution is 2.37. The van der Waals surface area contributed by atoms with E-state index in [1.807, 2.05) is 43.1 Å². The fourth-order valence-corrected chi connectivity index (χ4v) is 2.14. The highest BCUT2D eigenvalue weighted by atomic mass is 16.3. The molecule has 2 N–H and O–H groups in total. The van der Waals surface area contributed by atoms with Crippen molar-refractivity contribution >= 4 is 17.3 Å². The van der Waals surface area contributed by atoms with Crippen molar-refractivity contribution in [3.8, 4) is 0 Å². The van der Waals surface area contributed by atoms with Crippen LogP contribution in [0.25, 0.3) is 0 Å². The first kappa shape index (κ1) is 13.9. The lowest BCUT2D eigenvalue weighted by atomic mass is 10.1. The lowest BCUT2D eigenvalue weighted by Gasteiger charge is -2.18. The molecule has 4 heteroatoms. The Morgan fingerprint density at radius 3 is 2.58 bits per heavy atom. The van der Waals surface area contributed by atoms with Gasteiger partial charge in [-0.3, -0.25) is 4.79 Å². The van der Waals surface area contributed by atoms with E-state index >= 15 is 0 Å². The molecule has 1 saturated carbocycles. The Bertz CT molecular complexity index is 426. The molecule has 0 aliphatic heterocycles. The van der Waals surface area contributed by atoms with E-state index in [-0.39, 0.29) is 18.4 Å². The molecule has 1 unspecified atom stereocenters. The quantitative estimate of drug-likeness (QED) is 0.825. The predicted molar refractivity (Wildman–Crippen MR) is 77.3 cm³/mol. The van der Waals surface area contributed by atoms with Gasteiger partial charge in [-0.05, 0) is 43.0 Å². The molecule has 2 rings (SSSR count). The van der Waals surface area contributed by atoms with Crippen molar-refractivity contribution < 1.29 is 9.90 Å². The summed E-state index contributed by atoms with van der Waals surface area (Å²) in [5, 5.41) is 11.8. The van der Waals surface area contributed by atoms with Crippen molar-refractivity contribution in [3.05, 3.63) is 24.3 Å². The molecule has 4 nitrogen and oxygen atoms in total. The Hall–Kier alpha value is -1.55. The molecule has 1 atom stereocenters. The number of rotatable bonds is 6. The number of hydrogen-bond donors (Lipinski definition) is 2. The largest absolute Gasteiger partial charge is 0.395 e. The van der Waals surface area contributed by atoms with E-state index in [2.05, 4.69) is 5.32 Å². The number of benzene rings is 1. The van der Waals surface area contributed by atoms with Crippen LogP contribution in [0, 0.1) is 11.8 Å². The van der Waals surface area contributed by atoms with Gasteiger partial charge in [0.2, 0.25) is 5.91 Å². The van der Waals surface area contributed by atoms with Crippen molar-refractivity contribution in [2.45, 2.75) is 19.8 Å². The molecule has 1 aromatic carbocycles. The normalized spacial score (nSPS) is 15.9. The molecular weight excluding hydrogens is 240 g/mol. The molecule has 0 bridgehead atoms. The first-order chi connectivity index (χ1) is 9.11. The van der Waals surface area contributed by atoms with Crippen LogP contribution in [0.1, 0.15) is 19.8 Å². The minimum Gasteiger partial charge on any atom is -0.395 e. The monoisotopic (exact) mass is 262 g/mol. The maximum atomic E-state index is 12.0. The van der Waals surface area contributed by atoms with E-state index < -0.39 is 0 Å². The van der Waals surface area contributed by atoms with Gasteiger partial charge in [0.05, 0.1) is 6.61 Å². The summed E-state index contributed by atoms with van der Waals surface area (Å²) < 4.78 is 0. The first-order valence-corrected chi connectivity index (χ1v) is 6.84. The van der Waals surface area contributed by atoms with Gasteiger partial charge < -0.3 is 15.3 Å². The lowest BCUT2D eigenvalue weighted by molar-refractivity contribution is -0.119. The molecule has 1 amide bonds. The average molecular weight is 262 g/mol. The number of nitrogens with one attached hydrogen (secondary N) is 1. The van der Waals surface area contributed by atoms with Crippen LogP contribution < -0.4 is 10.2 Å². The minimum absolute atomic E-state index is 0.108. The molecular formula is C15H22N2O2. The fourth-order valence-electron chi connectivity index (χ4n) is 2.14. The topological polar surface area (TPSA) is 52.6 Å². The van der Waals surface area contributed by atoms with Crippen LogP contribution in [0.4, 0.5) is 11.4 Å². The van der Waals surface area contributed by atoms with Crippen LogP contribution in [0.5, 0.6) is 0 Å². The van der Waals surface area contributed by atoms with Crippen LogP contribution in [-0.2, 0) is 4.79 Å². The van der Waals surface area contributed by atoms with E-state index in [0.29, 0.717) is 12.5 Å². The Kier molecular flexibility index (Phi) is 4.43. The third-order valence-corrected chi connectivity index (χ3v) is 3.75. The molecule has 1 fully saturated rings. The molecule has 0 heterocycles. The third kappa shape index (κ3) is 3.70. The molecule has 1 aliphatic carbocycles. The van der Waals surface area contributed by atoms with Gasteiger partial charge in [-0.1, -0.05) is 6.92 Å². The molecule has 0 aromatic heterocycles. The third-order valence-electron chi connectivity index (χ3n) is 3.75. The summed E-state index contributed by atoms with van der Waals surface area (Å²) in [6.45, 7) is 2.73. The van der Waals surface area contributed by atoms with Gasteiger partial charge >= 0.3 is 0 Å². The van der Waals surface area contributed by atoms with Gasteiger partial charge in [0, 0.05) is 30.9 Å². The van der Waals surface area contributed by atoms with Crippen molar-refractivity contribution in [3.63, 3.8) is 0 Å². The van der Waals surface area contributed by atoms with E-state index in [1.165, 1.54) is 12.8 Å². The molecule has 0 radical (unpaired) electrons. The summed E-state index contributed by atoms with van der Waals surface area (Å²) in [6.07, 6.45) is 2.36. The van der Waals surface area contributed by atoms with Gasteiger partial charge in [0.1, 0.15) is 0 Å². The summed E-state index contributed by atoms with van der Waals surface area (Å²) in [5.74, 6) is 0.797. The van der Waals surface area contributed by atoms with Crippen LogP contribution in [0.2, 0.25) is 0 Å². The number of aliphatic hydroxyl groups excluding tert-OH is 1. The van der Waals surface area contributed by atoms with E-state index in [4.69, 9.17) is 5.11 Å². The maximum absolute atomic E-state index is 12.0. The van der Waals surface area contributed by atoms with E-state index in [9.17, 15) is 4.79 Å². The van der Waals surface area contributed by atoms with Crippen LogP contribution in [0.3, 0.4) is 0 Å². The number of carbonyl (C=O) groups excluding carboxylic acids is 1. The summed E-state index contributed by atoms with van der Waals surface area (Å²) in [4.78, 5) is 13.9. The van der Waals surface area contributed by atoms with Crippen LogP contribution >= 0.6 is 0 Å². The molecule has 0 saturated heterocycles. The minimum atomic E-state index is 0.108.